The summed E-state index contributed by atoms with van der Waals surface area (Å²) in [7, 11) is -2.16. The molecule has 0 saturated carbocycles. The van der Waals surface area contributed by atoms with Crippen LogP contribution >= 0.6 is 11.6 Å². The van der Waals surface area contributed by atoms with Crippen LogP contribution in [0.5, 0.6) is 0 Å². The molecule has 28 heavy (non-hydrogen) atoms. The maximum atomic E-state index is 12.9. The summed E-state index contributed by atoms with van der Waals surface area (Å²) in [4.78, 5) is 14.0. The molecule has 6 nitrogen and oxygen atoms in total. The smallest absolute Gasteiger partial charge is 0.337 e. The first-order valence-corrected chi connectivity index (χ1v) is 10.9. The zero-order chi connectivity index (χ0) is 20.1. The van der Waals surface area contributed by atoms with Gasteiger partial charge >= 0.3 is 5.97 Å². The summed E-state index contributed by atoms with van der Waals surface area (Å²) in [5.41, 5.74) is 1.59. The van der Waals surface area contributed by atoms with E-state index in [-0.39, 0.29) is 10.9 Å². The van der Waals surface area contributed by atoms with Gasteiger partial charge in [-0.05, 0) is 54.9 Å². The van der Waals surface area contributed by atoms with Gasteiger partial charge in [0.05, 0.1) is 17.6 Å². The van der Waals surface area contributed by atoms with Gasteiger partial charge in [-0.25, -0.2) is 13.2 Å². The maximum Gasteiger partial charge on any atom is 0.337 e. The van der Waals surface area contributed by atoms with Crippen LogP contribution in [0, 0.1) is 0 Å². The number of sulfonamides is 1. The summed E-state index contributed by atoms with van der Waals surface area (Å²) in [6, 6.07) is 13.6. The number of halogens is 1. The van der Waals surface area contributed by atoms with Crippen LogP contribution in [-0.4, -0.2) is 56.9 Å². The topological polar surface area (TPSA) is 66.9 Å². The molecule has 0 N–H and O–H groups in total. The average Bonchev–Trinajstić information content (AvgIpc) is 2.94. The minimum absolute atomic E-state index is 0.267. The predicted octanol–water partition coefficient (Wildman–Crippen LogP) is 3.02. The third-order valence-electron chi connectivity index (χ3n) is 4.78. The fraction of sp³-hybridized carbons (Fsp3) is 0.350. The molecule has 0 amide bonds. The molecule has 1 aliphatic heterocycles. The molecule has 2 aromatic rings. The summed E-state index contributed by atoms with van der Waals surface area (Å²) in [6.45, 7) is 3.08. The summed E-state index contributed by atoms with van der Waals surface area (Å²) in [5, 5.41) is 0.513. The van der Waals surface area contributed by atoms with Gasteiger partial charge in [0.25, 0.3) is 0 Å². The van der Waals surface area contributed by atoms with Crippen molar-refractivity contribution in [2.75, 3.05) is 33.3 Å². The summed E-state index contributed by atoms with van der Waals surface area (Å²) in [6.07, 6.45) is 0.757. The van der Waals surface area contributed by atoms with Crippen LogP contribution in [0.4, 0.5) is 0 Å². The molecule has 1 heterocycles. The minimum atomic E-state index is -3.52. The first-order chi connectivity index (χ1) is 13.4. The Bertz CT molecular complexity index is 914. The van der Waals surface area contributed by atoms with Crippen molar-refractivity contribution in [1.82, 2.24) is 9.21 Å². The Morgan fingerprint density at radius 2 is 1.68 bits per heavy atom. The molecule has 1 saturated heterocycles. The predicted molar refractivity (Wildman–Crippen MR) is 108 cm³/mol. The molecular weight excluding hydrogens is 400 g/mol. The quantitative estimate of drug-likeness (QED) is 0.693. The van der Waals surface area contributed by atoms with Gasteiger partial charge in [0.15, 0.2) is 0 Å². The van der Waals surface area contributed by atoms with Crippen LogP contribution in [0.25, 0.3) is 0 Å². The molecule has 2 aromatic carbocycles. The highest BCUT2D eigenvalue weighted by molar-refractivity contribution is 7.89. The van der Waals surface area contributed by atoms with Crippen molar-refractivity contribution in [2.45, 2.75) is 17.9 Å². The van der Waals surface area contributed by atoms with Crippen molar-refractivity contribution >= 4 is 27.6 Å². The first-order valence-electron chi connectivity index (χ1n) is 9.05. The second kappa shape index (κ2) is 9.05. The highest BCUT2D eigenvalue weighted by Gasteiger charge is 2.26. The second-order valence-corrected chi connectivity index (χ2v) is 9.05. The van der Waals surface area contributed by atoms with Crippen LogP contribution in [0.2, 0.25) is 5.02 Å². The van der Waals surface area contributed by atoms with Crippen LogP contribution < -0.4 is 0 Å². The zero-order valence-electron chi connectivity index (χ0n) is 15.7. The van der Waals surface area contributed by atoms with Gasteiger partial charge in [0.1, 0.15) is 0 Å². The van der Waals surface area contributed by atoms with Crippen molar-refractivity contribution in [3.63, 3.8) is 0 Å². The summed E-state index contributed by atoms with van der Waals surface area (Å²) >= 11 is 5.86. The standard InChI is InChI=1S/C20H23ClN2O4S/c1-27-20(24)17-5-3-16(4-6-17)15-22-11-2-12-23(14-13-22)28(25,26)19-9-7-18(21)8-10-19/h3-10H,2,11-15H2,1H3. The summed E-state index contributed by atoms with van der Waals surface area (Å²) in [5.74, 6) is -0.357. The lowest BCUT2D eigenvalue weighted by Crippen LogP contribution is -2.35. The monoisotopic (exact) mass is 422 g/mol. The van der Waals surface area contributed by atoms with Crippen molar-refractivity contribution in [3.05, 3.63) is 64.7 Å². The molecule has 0 spiro atoms. The third kappa shape index (κ3) is 4.91. The maximum absolute atomic E-state index is 12.9. The third-order valence-corrected chi connectivity index (χ3v) is 6.94. The van der Waals surface area contributed by atoms with Gasteiger partial charge in [-0.3, -0.25) is 4.90 Å². The largest absolute Gasteiger partial charge is 0.465 e. The number of ether oxygens (including phenoxy) is 1. The van der Waals surface area contributed by atoms with E-state index in [1.807, 2.05) is 12.1 Å². The lowest BCUT2D eigenvalue weighted by Gasteiger charge is -2.22. The summed E-state index contributed by atoms with van der Waals surface area (Å²) < 4.78 is 32.0. The van der Waals surface area contributed by atoms with Crippen molar-refractivity contribution in [2.24, 2.45) is 0 Å². The number of benzene rings is 2. The second-order valence-electron chi connectivity index (χ2n) is 6.68. The van der Waals surface area contributed by atoms with E-state index in [2.05, 4.69) is 4.90 Å². The Morgan fingerprint density at radius 1 is 1.00 bits per heavy atom. The van der Waals surface area contributed by atoms with E-state index in [1.54, 1.807) is 36.4 Å². The van der Waals surface area contributed by atoms with E-state index in [1.165, 1.54) is 11.4 Å². The number of hydrogen-bond acceptors (Lipinski definition) is 5. The lowest BCUT2D eigenvalue weighted by molar-refractivity contribution is 0.0600. The van der Waals surface area contributed by atoms with Crippen LogP contribution in [0.15, 0.2) is 53.4 Å². The van der Waals surface area contributed by atoms with E-state index in [4.69, 9.17) is 16.3 Å². The molecule has 3 rings (SSSR count). The zero-order valence-corrected chi connectivity index (χ0v) is 17.2. The van der Waals surface area contributed by atoms with E-state index in [0.717, 1.165) is 18.5 Å². The molecule has 0 radical (unpaired) electrons. The Hall–Kier alpha value is -1.93. The molecule has 150 valence electrons. The van der Waals surface area contributed by atoms with E-state index in [0.29, 0.717) is 36.8 Å². The van der Waals surface area contributed by atoms with Gasteiger partial charge < -0.3 is 4.74 Å². The van der Waals surface area contributed by atoms with Gasteiger partial charge in [-0.15, -0.1) is 0 Å². The lowest BCUT2D eigenvalue weighted by atomic mass is 10.1. The molecule has 0 aromatic heterocycles. The van der Waals surface area contributed by atoms with Crippen molar-refractivity contribution < 1.29 is 17.9 Å². The number of nitrogens with zero attached hydrogens (tertiary/aromatic N) is 2. The van der Waals surface area contributed by atoms with Crippen molar-refractivity contribution in [3.8, 4) is 0 Å². The highest BCUT2D eigenvalue weighted by atomic mass is 35.5. The highest BCUT2D eigenvalue weighted by Crippen LogP contribution is 2.20. The van der Waals surface area contributed by atoms with E-state index >= 15 is 0 Å². The first kappa shape index (κ1) is 20.8. The number of carbonyl (C=O) groups excluding carboxylic acids is 1. The van der Waals surface area contributed by atoms with Crippen LogP contribution in [-0.2, 0) is 21.3 Å². The molecular formula is C20H23ClN2O4S. The number of methoxy groups -OCH3 is 1. The van der Waals surface area contributed by atoms with Crippen LogP contribution in [0.3, 0.4) is 0 Å². The molecule has 1 fully saturated rings. The SMILES string of the molecule is COC(=O)c1ccc(CN2CCCN(S(=O)(=O)c3ccc(Cl)cc3)CC2)cc1. The fourth-order valence-electron chi connectivity index (χ4n) is 3.22. The molecule has 0 bridgehead atoms. The van der Waals surface area contributed by atoms with E-state index in [9.17, 15) is 13.2 Å². The van der Waals surface area contributed by atoms with Crippen molar-refractivity contribution in [1.29, 1.82) is 0 Å². The fourth-order valence-corrected chi connectivity index (χ4v) is 4.82. The van der Waals surface area contributed by atoms with Gasteiger partial charge in [-0.1, -0.05) is 23.7 Å². The van der Waals surface area contributed by atoms with Crippen LogP contribution in [0.1, 0.15) is 22.3 Å². The number of esters is 1. The van der Waals surface area contributed by atoms with Gasteiger partial charge in [0.2, 0.25) is 10.0 Å². The minimum Gasteiger partial charge on any atom is -0.465 e. The van der Waals surface area contributed by atoms with Gasteiger partial charge in [-0.2, -0.15) is 4.31 Å². The Kier molecular flexibility index (Phi) is 6.72. The molecule has 0 atom stereocenters. The molecule has 0 aliphatic carbocycles. The number of rotatable bonds is 5. The molecule has 0 unspecified atom stereocenters. The molecule has 8 heteroatoms. The van der Waals surface area contributed by atoms with E-state index < -0.39 is 10.0 Å². The molecule has 1 aliphatic rings. The number of carbonyl (C=O) groups is 1. The number of hydrogen-bond donors (Lipinski definition) is 0. The van der Waals surface area contributed by atoms with Gasteiger partial charge in [0, 0.05) is 31.2 Å². The Labute approximate surface area is 170 Å². The average molecular weight is 423 g/mol. The Morgan fingerprint density at radius 3 is 2.32 bits per heavy atom. The normalized spacial score (nSPS) is 16.5. The Balaban J connectivity index is 1.63.